The fourth-order valence-electron chi connectivity index (χ4n) is 1.83. The van der Waals surface area contributed by atoms with Gasteiger partial charge in [-0.05, 0) is 49.4 Å². The molecule has 1 amide bonds. The molecule has 0 saturated carbocycles. The van der Waals surface area contributed by atoms with Gasteiger partial charge in [0.05, 0.1) is 5.56 Å². The standard InChI is InChI=1S/C17H15NO5/c1-11(19)12-5-7-14(8-6-12)18-16(21)10-23-17(22)13-3-2-4-15(20)9-13/h2-9,20H,10H2,1H3,(H,18,21). The van der Waals surface area contributed by atoms with Crippen LogP contribution in [0.15, 0.2) is 48.5 Å². The van der Waals surface area contributed by atoms with Crippen molar-refractivity contribution in [3.8, 4) is 5.75 Å². The Morgan fingerprint density at radius 2 is 1.74 bits per heavy atom. The smallest absolute Gasteiger partial charge is 0.338 e. The summed E-state index contributed by atoms with van der Waals surface area (Å²) in [7, 11) is 0. The lowest BCUT2D eigenvalue weighted by Crippen LogP contribution is -2.20. The maximum atomic E-state index is 11.7. The summed E-state index contributed by atoms with van der Waals surface area (Å²) in [6.07, 6.45) is 0. The van der Waals surface area contributed by atoms with Crippen molar-refractivity contribution >= 4 is 23.3 Å². The first-order chi connectivity index (χ1) is 11.0. The number of Topliss-reactive ketones (excluding diaryl/α,β-unsaturated/α-hetero) is 1. The van der Waals surface area contributed by atoms with Crippen LogP contribution in [0.4, 0.5) is 5.69 Å². The molecule has 0 aliphatic carbocycles. The van der Waals surface area contributed by atoms with Crippen molar-refractivity contribution in [3.05, 3.63) is 59.7 Å². The summed E-state index contributed by atoms with van der Waals surface area (Å²) in [5.74, 6) is -1.34. The Hall–Kier alpha value is -3.15. The van der Waals surface area contributed by atoms with Crippen LogP contribution < -0.4 is 5.32 Å². The molecule has 0 heterocycles. The van der Waals surface area contributed by atoms with Crippen LogP contribution in [0.25, 0.3) is 0 Å². The second-order valence-corrected chi connectivity index (χ2v) is 4.81. The van der Waals surface area contributed by atoms with Crippen LogP contribution in [-0.2, 0) is 9.53 Å². The van der Waals surface area contributed by atoms with E-state index in [2.05, 4.69) is 5.32 Å². The number of carbonyl (C=O) groups is 3. The van der Waals surface area contributed by atoms with Gasteiger partial charge < -0.3 is 15.2 Å². The number of ether oxygens (including phenoxy) is 1. The van der Waals surface area contributed by atoms with Crippen LogP contribution in [0, 0.1) is 0 Å². The third kappa shape index (κ3) is 4.67. The van der Waals surface area contributed by atoms with E-state index >= 15 is 0 Å². The number of hydrogen-bond acceptors (Lipinski definition) is 5. The van der Waals surface area contributed by atoms with E-state index in [1.807, 2.05) is 0 Å². The van der Waals surface area contributed by atoms with Crippen molar-refractivity contribution in [3.63, 3.8) is 0 Å². The van der Waals surface area contributed by atoms with Crippen molar-refractivity contribution in [2.24, 2.45) is 0 Å². The van der Waals surface area contributed by atoms with Gasteiger partial charge in [0.15, 0.2) is 12.4 Å². The van der Waals surface area contributed by atoms with Gasteiger partial charge in [0.2, 0.25) is 0 Å². The molecule has 0 atom stereocenters. The first-order valence-corrected chi connectivity index (χ1v) is 6.83. The zero-order valence-electron chi connectivity index (χ0n) is 12.4. The summed E-state index contributed by atoms with van der Waals surface area (Å²) in [4.78, 5) is 34.6. The maximum absolute atomic E-state index is 11.7. The Bertz CT molecular complexity index is 737. The molecule has 0 aliphatic rings. The molecule has 2 rings (SSSR count). The average Bonchev–Trinajstić information content (AvgIpc) is 2.53. The highest BCUT2D eigenvalue weighted by molar-refractivity contribution is 5.97. The van der Waals surface area contributed by atoms with Crippen molar-refractivity contribution in [2.75, 3.05) is 11.9 Å². The van der Waals surface area contributed by atoms with Crippen LogP contribution in [0.3, 0.4) is 0 Å². The van der Waals surface area contributed by atoms with E-state index in [-0.39, 0.29) is 17.1 Å². The molecule has 0 radical (unpaired) electrons. The topological polar surface area (TPSA) is 92.7 Å². The average molecular weight is 313 g/mol. The summed E-state index contributed by atoms with van der Waals surface area (Å²) in [5, 5.41) is 11.8. The molecule has 0 unspecified atom stereocenters. The molecule has 0 aliphatic heterocycles. The van der Waals surface area contributed by atoms with Crippen LogP contribution in [0.5, 0.6) is 5.75 Å². The molecular formula is C17H15NO5. The molecule has 2 aromatic rings. The molecule has 6 nitrogen and oxygen atoms in total. The number of anilines is 1. The number of phenols is 1. The fourth-order valence-corrected chi connectivity index (χ4v) is 1.83. The molecular weight excluding hydrogens is 298 g/mol. The van der Waals surface area contributed by atoms with E-state index in [1.165, 1.54) is 31.2 Å². The Balaban J connectivity index is 1.87. The number of carbonyl (C=O) groups excluding carboxylic acids is 3. The van der Waals surface area contributed by atoms with Gasteiger partial charge in [-0.25, -0.2) is 4.79 Å². The van der Waals surface area contributed by atoms with Crippen molar-refractivity contribution in [1.82, 2.24) is 0 Å². The summed E-state index contributed by atoms with van der Waals surface area (Å²) >= 11 is 0. The van der Waals surface area contributed by atoms with Crippen molar-refractivity contribution in [1.29, 1.82) is 0 Å². The lowest BCUT2D eigenvalue weighted by atomic mass is 10.1. The Labute approximate surface area is 132 Å². The van der Waals surface area contributed by atoms with Crippen LogP contribution >= 0.6 is 0 Å². The highest BCUT2D eigenvalue weighted by Crippen LogP contribution is 2.12. The minimum absolute atomic E-state index is 0.0607. The number of rotatable bonds is 5. The molecule has 0 fully saturated rings. The highest BCUT2D eigenvalue weighted by atomic mass is 16.5. The summed E-state index contributed by atoms with van der Waals surface area (Å²) in [6, 6.07) is 12.0. The van der Waals surface area contributed by atoms with Gasteiger partial charge >= 0.3 is 5.97 Å². The first-order valence-electron chi connectivity index (χ1n) is 6.83. The lowest BCUT2D eigenvalue weighted by Gasteiger charge is -2.07. The van der Waals surface area contributed by atoms with E-state index in [0.29, 0.717) is 11.3 Å². The molecule has 6 heteroatoms. The SMILES string of the molecule is CC(=O)c1ccc(NC(=O)COC(=O)c2cccc(O)c2)cc1. The van der Waals surface area contributed by atoms with E-state index in [4.69, 9.17) is 4.74 Å². The Kier molecular flexibility index (Phi) is 5.09. The Morgan fingerprint density at radius 3 is 2.35 bits per heavy atom. The summed E-state index contributed by atoms with van der Waals surface area (Å²) in [5.41, 5.74) is 1.19. The largest absolute Gasteiger partial charge is 0.508 e. The highest BCUT2D eigenvalue weighted by Gasteiger charge is 2.11. The maximum Gasteiger partial charge on any atom is 0.338 e. The predicted octanol–water partition coefficient (Wildman–Crippen LogP) is 2.39. The second-order valence-electron chi connectivity index (χ2n) is 4.81. The minimum Gasteiger partial charge on any atom is -0.508 e. The molecule has 0 aromatic heterocycles. The fraction of sp³-hybridized carbons (Fsp3) is 0.118. The van der Waals surface area contributed by atoms with Gasteiger partial charge in [0.1, 0.15) is 5.75 Å². The van der Waals surface area contributed by atoms with Crippen LogP contribution in [-0.4, -0.2) is 29.4 Å². The Morgan fingerprint density at radius 1 is 1.04 bits per heavy atom. The second kappa shape index (κ2) is 7.22. The molecule has 23 heavy (non-hydrogen) atoms. The molecule has 2 aromatic carbocycles. The van der Waals surface area contributed by atoms with Crippen LogP contribution in [0.2, 0.25) is 0 Å². The number of benzene rings is 2. The van der Waals surface area contributed by atoms with Crippen LogP contribution in [0.1, 0.15) is 27.6 Å². The quantitative estimate of drug-likeness (QED) is 0.653. The van der Waals surface area contributed by atoms with Crippen molar-refractivity contribution in [2.45, 2.75) is 6.92 Å². The molecule has 0 saturated heterocycles. The number of esters is 1. The lowest BCUT2D eigenvalue weighted by molar-refractivity contribution is -0.119. The third-order valence-corrected chi connectivity index (χ3v) is 2.99. The summed E-state index contributed by atoms with van der Waals surface area (Å²) in [6.45, 7) is 0.997. The molecule has 0 bridgehead atoms. The number of nitrogens with one attached hydrogen (secondary N) is 1. The third-order valence-electron chi connectivity index (χ3n) is 2.99. The zero-order chi connectivity index (χ0) is 16.8. The van der Waals surface area contributed by atoms with E-state index in [9.17, 15) is 19.5 Å². The normalized spacial score (nSPS) is 9.96. The first kappa shape index (κ1) is 16.2. The predicted molar refractivity (Wildman–Crippen MR) is 83.5 cm³/mol. The number of ketones is 1. The van der Waals surface area contributed by atoms with E-state index in [0.717, 1.165) is 0 Å². The van der Waals surface area contributed by atoms with Crippen molar-refractivity contribution < 1.29 is 24.2 Å². The number of hydrogen-bond donors (Lipinski definition) is 2. The van der Waals surface area contributed by atoms with Gasteiger partial charge in [-0.15, -0.1) is 0 Å². The number of amides is 1. The van der Waals surface area contributed by atoms with Gasteiger partial charge in [0.25, 0.3) is 5.91 Å². The monoisotopic (exact) mass is 313 g/mol. The minimum atomic E-state index is -0.706. The van der Waals surface area contributed by atoms with Gasteiger partial charge in [-0.1, -0.05) is 6.07 Å². The van der Waals surface area contributed by atoms with E-state index < -0.39 is 18.5 Å². The summed E-state index contributed by atoms with van der Waals surface area (Å²) < 4.78 is 4.86. The number of phenolic OH excluding ortho intramolecular Hbond substituents is 1. The van der Waals surface area contributed by atoms with Gasteiger partial charge in [0, 0.05) is 11.3 Å². The van der Waals surface area contributed by atoms with Gasteiger partial charge in [-0.3, -0.25) is 9.59 Å². The molecule has 2 N–H and O–H groups in total. The molecule has 118 valence electrons. The zero-order valence-corrected chi connectivity index (χ0v) is 12.4. The number of aromatic hydroxyl groups is 1. The van der Waals surface area contributed by atoms with E-state index in [1.54, 1.807) is 24.3 Å². The molecule has 0 spiro atoms. The van der Waals surface area contributed by atoms with Gasteiger partial charge in [-0.2, -0.15) is 0 Å².